The molecular weight excluding hydrogens is 277 g/mol. The second-order valence-electron chi connectivity index (χ2n) is 4.94. The Kier molecular flexibility index (Phi) is 4.26. The number of benzene rings is 1. The van der Waals surface area contributed by atoms with Crippen molar-refractivity contribution in [1.82, 2.24) is 4.90 Å². The first-order chi connectivity index (χ1) is 8.86. The highest BCUT2D eigenvalue weighted by Crippen LogP contribution is 2.34. The summed E-state index contributed by atoms with van der Waals surface area (Å²) in [7, 11) is 0. The van der Waals surface area contributed by atoms with Gasteiger partial charge in [-0.1, -0.05) is 17.7 Å². The van der Waals surface area contributed by atoms with Crippen molar-refractivity contribution in [1.29, 1.82) is 0 Å². The maximum atomic E-state index is 12.6. The molecule has 0 saturated carbocycles. The summed E-state index contributed by atoms with van der Waals surface area (Å²) in [6.45, 7) is 1.47. The highest BCUT2D eigenvalue weighted by Gasteiger charge is 2.40. The fraction of sp³-hybridized carbons (Fsp3) is 0.538. The molecule has 0 spiro atoms. The topological polar surface area (TPSA) is 29.3 Å². The molecule has 2 rings (SSSR count). The van der Waals surface area contributed by atoms with Gasteiger partial charge in [-0.25, -0.2) is 0 Å². The van der Waals surface area contributed by atoms with Gasteiger partial charge in [0.1, 0.15) is 0 Å². The van der Waals surface area contributed by atoms with Crippen molar-refractivity contribution in [2.75, 3.05) is 18.8 Å². The number of nitrogens with zero attached hydrogens (tertiary/aromatic N) is 1. The van der Waals surface area contributed by atoms with Gasteiger partial charge in [-0.2, -0.15) is 13.2 Å². The van der Waals surface area contributed by atoms with E-state index in [9.17, 15) is 13.2 Å². The van der Waals surface area contributed by atoms with E-state index in [4.69, 9.17) is 17.3 Å². The summed E-state index contributed by atoms with van der Waals surface area (Å²) in [4.78, 5) is 2.00. The summed E-state index contributed by atoms with van der Waals surface area (Å²) in [5.74, 6) is -1.16. The van der Waals surface area contributed by atoms with Crippen LogP contribution in [-0.2, 0) is 6.54 Å². The molecule has 1 aromatic rings. The largest absolute Gasteiger partial charge is 0.399 e. The van der Waals surface area contributed by atoms with Gasteiger partial charge >= 0.3 is 6.18 Å². The van der Waals surface area contributed by atoms with Crippen molar-refractivity contribution >= 4 is 17.3 Å². The smallest absolute Gasteiger partial charge is 0.391 e. The van der Waals surface area contributed by atoms with Gasteiger partial charge in [-0.15, -0.1) is 0 Å². The predicted octanol–water partition coefficient (Wildman–Crippen LogP) is 3.70. The summed E-state index contributed by atoms with van der Waals surface area (Å²) in [6.07, 6.45) is -3.74. The van der Waals surface area contributed by atoms with Gasteiger partial charge in [-0.05, 0) is 43.6 Å². The molecule has 1 aliphatic heterocycles. The Morgan fingerprint density at radius 3 is 2.42 bits per heavy atom. The van der Waals surface area contributed by atoms with E-state index in [0.29, 0.717) is 30.3 Å². The molecule has 106 valence electrons. The van der Waals surface area contributed by atoms with Gasteiger partial charge in [0.25, 0.3) is 0 Å². The second kappa shape index (κ2) is 5.59. The lowest BCUT2D eigenvalue weighted by molar-refractivity contribution is -0.185. The van der Waals surface area contributed by atoms with Crippen LogP contribution in [0.3, 0.4) is 0 Å². The minimum absolute atomic E-state index is 0.163. The minimum atomic E-state index is -4.06. The number of hydrogen-bond acceptors (Lipinski definition) is 2. The quantitative estimate of drug-likeness (QED) is 0.842. The summed E-state index contributed by atoms with van der Waals surface area (Å²) in [5.41, 5.74) is 7.10. The van der Waals surface area contributed by atoms with Crippen molar-refractivity contribution in [3.63, 3.8) is 0 Å². The molecule has 6 heteroatoms. The summed E-state index contributed by atoms with van der Waals surface area (Å²) in [5, 5.41) is 0.568. The zero-order valence-electron chi connectivity index (χ0n) is 10.4. The first-order valence-electron chi connectivity index (χ1n) is 6.19. The fourth-order valence-corrected chi connectivity index (χ4v) is 2.60. The summed E-state index contributed by atoms with van der Waals surface area (Å²) in [6, 6.07) is 5.25. The van der Waals surface area contributed by atoms with Crippen LogP contribution in [0.5, 0.6) is 0 Å². The predicted molar refractivity (Wildman–Crippen MR) is 69.9 cm³/mol. The molecule has 0 bridgehead atoms. The van der Waals surface area contributed by atoms with Crippen LogP contribution in [0.25, 0.3) is 0 Å². The van der Waals surface area contributed by atoms with E-state index in [0.717, 1.165) is 5.56 Å². The number of piperidine rings is 1. The standard InChI is InChI=1S/C13H16ClF3N2/c14-12-7-11(18)2-1-9(12)8-19-5-3-10(4-6-19)13(15,16)17/h1-2,7,10H,3-6,8,18H2. The van der Waals surface area contributed by atoms with Crippen molar-refractivity contribution < 1.29 is 13.2 Å². The number of nitrogens with two attached hydrogens (primary N) is 1. The number of likely N-dealkylation sites (tertiary alicyclic amines) is 1. The van der Waals surface area contributed by atoms with E-state index in [1.54, 1.807) is 12.1 Å². The fourth-order valence-electron chi connectivity index (χ4n) is 2.35. The third kappa shape index (κ3) is 3.76. The number of alkyl halides is 3. The molecule has 0 unspecified atom stereocenters. The lowest BCUT2D eigenvalue weighted by atomic mass is 9.96. The molecule has 1 heterocycles. The highest BCUT2D eigenvalue weighted by atomic mass is 35.5. The molecule has 0 aliphatic carbocycles. The van der Waals surface area contributed by atoms with Crippen molar-refractivity contribution in [3.8, 4) is 0 Å². The van der Waals surface area contributed by atoms with Crippen LogP contribution >= 0.6 is 11.6 Å². The summed E-state index contributed by atoms with van der Waals surface area (Å²) >= 11 is 6.06. The number of anilines is 1. The first kappa shape index (κ1) is 14.5. The van der Waals surface area contributed by atoms with Crippen LogP contribution < -0.4 is 5.73 Å². The molecular formula is C13H16ClF3N2. The number of hydrogen-bond donors (Lipinski definition) is 1. The van der Waals surface area contributed by atoms with E-state index in [1.165, 1.54) is 0 Å². The number of rotatable bonds is 2. The SMILES string of the molecule is Nc1ccc(CN2CCC(C(F)(F)F)CC2)c(Cl)c1. The van der Waals surface area contributed by atoms with Gasteiger partial charge in [0, 0.05) is 17.3 Å². The van der Waals surface area contributed by atoms with Gasteiger partial charge in [0.15, 0.2) is 0 Å². The van der Waals surface area contributed by atoms with Crippen molar-refractivity contribution in [2.24, 2.45) is 5.92 Å². The molecule has 0 atom stereocenters. The van der Waals surface area contributed by atoms with Crippen LogP contribution in [-0.4, -0.2) is 24.2 Å². The third-order valence-corrected chi connectivity index (χ3v) is 3.87. The molecule has 0 radical (unpaired) electrons. The lowest BCUT2D eigenvalue weighted by Gasteiger charge is -2.33. The molecule has 1 aromatic carbocycles. The van der Waals surface area contributed by atoms with Gasteiger partial charge in [-0.3, -0.25) is 4.90 Å². The average Bonchev–Trinajstić information content (AvgIpc) is 2.32. The molecule has 1 saturated heterocycles. The Morgan fingerprint density at radius 2 is 1.89 bits per heavy atom. The number of halogens is 4. The molecule has 2 N–H and O–H groups in total. The maximum Gasteiger partial charge on any atom is 0.391 e. The molecule has 1 aliphatic rings. The Morgan fingerprint density at radius 1 is 1.26 bits per heavy atom. The van der Waals surface area contributed by atoms with E-state index >= 15 is 0 Å². The lowest BCUT2D eigenvalue weighted by Crippen LogP contribution is -2.38. The second-order valence-corrected chi connectivity index (χ2v) is 5.35. The molecule has 0 aromatic heterocycles. The zero-order chi connectivity index (χ0) is 14.0. The van der Waals surface area contributed by atoms with Crippen LogP contribution in [0.15, 0.2) is 18.2 Å². The van der Waals surface area contributed by atoms with Crippen LogP contribution in [0.2, 0.25) is 5.02 Å². The average molecular weight is 293 g/mol. The van der Waals surface area contributed by atoms with E-state index in [1.807, 2.05) is 11.0 Å². The molecule has 0 amide bonds. The van der Waals surface area contributed by atoms with E-state index < -0.39 is 12.1 Å². The Labute approximate surface area is 115 Å². The maximum absolute atomic E-state index is 12.6. The van der Waals surface area contributed by atoms with Gasteiger partial charge < -0.3 is 5.73 Å². The van der Waals surface area contributed by atoms with Gasteiger partial charge in [0.2, 0.25) is 0 Å². The minimum Gasteiger partial charge on any atom is -0.399 e. The van der Waals surface area contributed by atoms with Crippen LogP contribution in [0, 0.1) is 5.92 Å². The third-order valence-electron chi connectivity index (χ3n) is 3.52. The van der Waals surface area contributed by atoms with E-state index in [-0.39, 0.29) is 12.8 Å². The normalized spacial score (nSPS) is 18.7. The van der Waals surface area contributed by atoms with E-state index in [2.05, 4.69) is 0 Å². The Balaban J connectivity index is 1.92. The van der Waals surface area contributed by atoms with Crippen LogP contribution in [0.1, 0.15) is 18.4 Å². The highest BCUT2D eigenvalue weighted by molar-refractivity contribution is 6.31. The van der Waals surface area contributed by atoms with Crippen molar-refractivity contribution in [2.45, 2.75) is 25.6 Å². The monoisotopic (exact) mass is 292 g/mol. The molecule has 1 fully saturated rings. The van der Waals surface area contributed by atoms with Crippen LogP contribution in [0.4, 0.5) is 18.9 Å². The number of nitrogen functional groups attached to an aromatic ring is 1. The Hall–Kier alpha value is -0.940. The first-order valence-corrected chi connectivity index (χ1v) is 6.57. The zero-order valence-corrected chi connectivity index (χ0v) is 11.1. The Bertz CT molecular complexity index is 440. The summed E-state index contributed by atoms with van der Waals surface area (Å²) < 4.78 is 37.7. The van der Waals surface area contributed by atoms with Gasteiger partial charge in [0.05, 0.1) is 5.92 Å². The molecule has 2 nitrogen and oxygen atoms in total. The molecule has 19 heavy (non-hydrogen) atoms. The van der Waals surface area contributed by atoms with Crippen molar-refractivity contribution in [3.05, 3.63) is 28.8 Å².